The van der Waals surface area contributed by atoms with Gasteiger partial charge in [0.25, 0.3) is 0 Å². The van der Waals surface area contributed by atoms with Gasteiger partial charge in [-0.15, -0.1) is 0 Å². The van der Waals surface area contributed by atoms with Crippen LogP contribution >= 0.6 is 12.2 Å². The first-order valence-electron chi connectivity index (χ1n) is 5.44. The van der Waals surface area contributed by atoms with E-state index in [0.29, 0.717) is 10.3 Å². The van der Waals surface area contributed by atoms with Gasteiger partial charge in [-0.25, -0.2) is 4.39 Å². The van der Waals surface area contributed by atoms with Crippen molar-refractivity contribution in [3.8, 4) is 11.4 Å². The molecule has 2 aromatic rings. The van der Waals surface area contributed by atoms with Crippen molar-refractivity contribution >= 4 is 12.2 Å². The van der Waals surface area contributed by atoms with Crippen LogP contribution in [0.15, 0.2) is 18.2 Å². The number of aryl methyl sites for hydroxylation is 1. The van der Waals surface area contributed by atoms with Gasteiger partial charge in [0.05, 0.1) is 0 Å². The van der Waals surface area contributed by atoms with Gasteiger partial charge in [-0.2, -0.15) is 5.10 Å². The molecular weight excluding hydrogens is 237 g/mol. The van der Waals surface area contributed by atoms with E-state index in [-0.39, 0.29) is 11.9 Å². The Morgan fingerprint density at radius 3 is 2.71 bits per heavy atom. The molecule has 0 bridgehead atoms. The summed E-state index contributed by atoms with van der Waals surface area (Å²) in [7, 11) is 0. The molecule has 3 nitrogen and oxygen atoms in total. The van der Waals surface area contributed by atoms with Crippen molar-refractivity contribution < 1.29 is 4.39 Å². The molecule has 0 unspecified atom stereocenters. The summed E-state index contributed by atoms with van der Waals surface area (Å²) in [4.78, 5) is 0. The number of benzene rings is 1. The Hall–Kier alpha value is -1.49. The summed E-state index contributed by atoms with van der Waals surface area (Å²) in [6.07, 6.45) is 0. The minimum Gasteiger partial charge on any atom is -0.298 e. The first kappa shape index (κ1) is 12.0. The topological polar surface area (TPSA) is 33.6 Å². The van der Waals surface area contributed by atoms with Gasteiger partial charge in [-0.05, 0) is 56.8 Å². The fourth-order valence-electron chi connectivity index (χ4n) is 1.77. The number of hydrogen-bond acceptors (Lipinski definition) is 2. The highest BCUT2D eigenvalue weighted by molar-refractivity contribution is 7.71. The highest BCUT2D eigenvalue weighted by atomic mass is 32.1. The van der Waals surface area contributed by atoms with Crippen molar-refractivity contribution in [3.05, 3.63) is 34.4 Å². The number of nitrogens with zero attached hydrogens (tertiary/aromatic N) is 2. The van der Waals surface area contributed by atoms with E-state index in [2.05, 4.69) is 10.2 Å². The van der Waals surface area contributed by atoms with Gasteiger partial charge in [0.1, 0.15) is 5.82 Å². The Morgan fingerprint density at radius 1 is 1.41 bits per heavy atom. The van der Waals surface area contributed by atoms with Crippen LogP contribution in [-0.4, -0.2) is 14.8 Å². The molecular formula is C12H14FN3S. The quantitative estimate of drug-likeness (QED) is 0.827. The molecule has 0 aliphatic rings. The Balaban J connectivity index is 2.61. The molecule has 0 spiro atoms. The number of aromatic nitrogens is 3. The maximum Gasteiger partial charge on any atom is 0.195 e. The highest BCUT2D eigenvalue weighted by Crippen LogP contribution is 2.22. The molecule has 0 radical (unpaired) electrons. The molecule has 1 aromatic heterocycles. The van der Waals surface area contributed by atoms with Crippen molar-refractivity contribution in [1.82, 2.24) is 14.8 Å². The zero-order valence-corrected chi connectivity index (χ0v) is 10.8. The number of nitrogens with one attached hydrogen (secondary N) is 1. The lowest BCUT2D eigenvalue weighted by atomic mass is 10.1. The molecule has 90 valence electrons. The predicted molar refractivity (Wildman–Crippen MR) is 67.9 cm³/mol. The lowest BCUT2D eigenvalue weighted by Crippen LogP contribution is -2.03. The van der Waals surface area contributed by atoms with E-state index in [0.717, 1.165) is 11.4 Å². The van der Waals surface area contributed by atoms with Crippen LogP contribution in [0.3, 0.4) is 0 Å². The Bertz CT molecular complexity index is 598. The normalized spacial score (nSPS) is 11.1. The van der Waals surface area contributed by atoms with Crippen molar-refractivity contribution in [2.45, 2.75) is 26.8 Å². The van der Waals surface area contributed by atoms with Crippen LogP contribution in [0.5, 0.6) is 0 Å². The average molecular weight is 251 g/mol. The average Bonchev–Trinajstić information content (AvgIpc) is 2.64. The van der Waals surface area contributed by atoms with E-state index in [1.807, 2.05) is 18.4 Å². The molecule has 5 heteroatoms. The van der Waals surface area contributed by atoms with Gasteiger partial charge in [0, 0.05) is 11.6 Å². The van der Waals surface area contributed by atoms with Crippen molar-refractivity contribution in [3.63, 3.8) is 0 Å². The monoisotopic (exact) mass is 251 g/mol. The van der Waals surface area contributed by atoms with E-state index in [9.17, 15) is 4.39 Å². The summed E-state index contributed by atoms with van der Waals surface area (Å²) in [5, 5.41) is 6.97. The van der Waals surface area contributed by atoms with Gasteiger partial charge < -0.3 is 0 Å². The molecule has 1 N–H and O–H groups in total. The van der Waals surface area contributed by atoms with Crippen LogP contribution in [0.2, 0.25) is 0 Å². The van der Waals surface area contributed by atoms with Crippen molar-refractivity contribution in [2.24, 2.45) is 0 Å². The van der Waals surface area contributed by atoms with Crippen LogP contribution in [0, 0.1) is 17.5 Å². The summed E-state index contributed by atoms with van der Waals surface area (Å²) < 4.78 is 15.7. The Kier molecular flexibility index (Phi) is 3.11. The number of halogens is 1. The van der Waals surface area contributed by atoms with E-state index >= 15 is 0 Å². The van der Waals surface area contributed by atoms with Crippen molar-refractivity contribution in [2.75, 3.05) is 0 Å². The van der Waals surface area contributed by atoms with Gasteiger partial charge in [-0.1, -0.05) is 0 Å². The number of rotatable bonds is 2. The largest absolute Gasteiger partial charge is 0.298 e. The molecule has 1 aromatic carbocycles. The summed E-state index contributed by atoms with van der Waals surface area (Å²) in [6, 6.07) is 5.15. The third-order valence-electron chi connectivity index (χ3n) is 2.64. The summed E-state index contributed by atoms with van der Waals surface area (Å²) in [5.74, 6) is 0.534. The zero-order chi connectivity index (χ0) is 12.6. The summed E-state index contributed by atoms with van der Waals surface area (Å²) in [5.41, 5.74) is 1.47. The first-order chi connectivity index (χ1) is 8.00. The van der Waals surface area contributed by atoms with E-state index in [1.54, 1.807) is 19.1 Å². The lowest BCUT2D eigenvalue weighted by Gasteiger charge is -2.10. The van der Waals surface area contributed by atoms with Crippen molar-refractivity contribution in [1.29, 1.82) is 0 Å². The third-order valence-corrected chi connectivity index (χ3v) is 2.92. The molecule has 0 aliphatic heterocycles. The van der Waals surface area contributed by atoms with E-state index < -0.39 is 0 Å². The second-order valence-corrected chi connectivity index (χ2v) is 4.67. The van der Waals surface area contributed by atoms with E-state index in [4.69, 9.17) is 12.2 Å². The van der Waals surface area contributed by atoms with Crippen LogP contribution in [-0.2, 0) is 0 Å². The van der Waals surface area contributed by atoms with Crippen LogP contribution in [0.1, 0.15) is 25.5 Å². The highest BCUT2D eigenvalue weighted by Gasteiger charge is 2.12. The van der Waals surface area contributed by atoms with Gasteiger partial charge in [-0.3, -0.25) is 9.67 Å². The molecule has 0 amide bonds. The first-order valence-corrected chi connectivity index (χ1v) is 5.85. The fraction of sp³-hybridized carbons (Fsp3) is 0.333. The van der Waals surface area contributed by atoms with Crippen LogP contribution in [0.25, 0.3) is 11.4 Å². The maximum absolute atomic E-state index is 13.2. The van der Waals surface area contributed by atoms with Crippen LogP contribution in [0.4, 0.5) is 4.39 Å². The number of aromatic amines is 1. The third kappa shape index (κ3) is 2.15. The van der Waals surface area contributed by atoms with Crippen LogP contribution < -0.4 is 0 Å². The zero-order valence-electron chi connectivity index (χ0n) is 9.99. The molecule has 2 rings (SSSR count). The second kappa shape index (κ2) is 4.41. The molecule has 0 atom stereocenters. The molecule has 0 saturated carbocycles. The molecule has 0 saturated heterocycles. The maximum atomic E-state index is 13.2. The molecule has 0 aliphatic carbocycles. The molecule has 0 fully saturated rings. The Labute approximate surface area is 104 Å². The number of H-pyrrole nitrogens is 1. The standard InChI is InChI=1S/C12H14FN3S/c1-7(2)16-11(14-15-12(16)17)9-4-5-10(13)8(3)6-9/h4-7H,1-3H3,(H,15,17). The number of hydrogen-bond donors (Lipinski definition) is 1. The minimum atomic E-state index is -0.209. The SMILES string of the molecule is Cc1cc(-c2n[nH]c(=S)n2C(C)C)ccc1F. The van der Waals surface area contributed by atoms with Gasteiger partial charge in [0.2, 0.25) is 0 Å². The fourth-order valence-corrected chi connectivity index (χ4v) is 2.11. The molecule has 17 heavy (non-hydrogen) atoms. The Morgan fingerprint density at radius 2 is 2.12 bits per heavy atom. The van der Waals surface area contributed by atoms with Gasteiger partial charge >= 0.3 is 0 Å². The minimum absolute atomic E-state index is 0.209. The summed E-state index contributed by atoms with van der Waals surface area (Å²) in [6.45, 7) is 5.80. The van der Waals surface area contributed by atoms with E-state index in [1.165, 1.54) is 6.07 Å². The smallest absolute Gasteiger partial charge is 0.195 e. The van der Waals surface area contributed by atoms with Gasteiger partial charge in [0.15, 0.2) is 10.6 Å². The molecule has 1 heterocycles. The lowest BCUT2D eigenvalue weighted by molar-refractivity contribution is 0.596. The predicted octanol–water partition coefficient (Wildman–Crippen LogP) is 3.64. The summed E-state index contributed by atoms with van der Waals surface area (Å²) >= 11 is 5.18. The second-order valence-electron chi connectivity index (χ2n) is 4.28.